The Morgan fingerprint density at radius 3 is 2.95 bits per heavy atom. The van der Waals surface area contributed by atoms with E-state index >= 15 is 0 Å². The summed E-state index contributed by atoms with van der Waals surface area (Å²) in [5, 5.41) is 10.2. The van der Waals surface area contributed by atoms with Crippen molar-refractivity contribution in [3.8, 4) is 0 Å². The summed E-state index contributed by atoms with van der Waals surface area (Å²) < 4.78 is 4.94. The van der Waals surface area contributed by atoms with Crippen molar-refractivity contribution in [2.45, 2.75) is 25.8 Å². The van der Waals surface area contributed by atoms with Gasteiger partial charge in [-0.3, -0.25) is 4.79 Å². The first-order valence-electron chi connectivity index (χ1n) is 6.40. The molecule has 2 aromatic rings. The Morgan fingerprint density at radius 1 is 1.50 bits per heavy atom. The summed E-state index contributed by atoms with van der Waals surface area (Å²) in [6.07, 6.45) is 1.15. The van der Waals surface area contributed by atoms with Gasteiger partial charge in [-0.2, -0.15) is 11.3 Å². The van der Waals surface area contributed by atoms with Crippen LogP contribution in [0, 0.1) is 6.92 Å². The molecule has 4 nitrogen and oxygen atoms in total. The molecule has 0 spiro atoms. The van der Waals surface area contributed by atoms with Gasteiger partial charge in [0, 0.05) is 31.0 Å². The van der Waals surface area contributed by atoms with E-state index < -0.39 is 0 Å². The zero-order valence-electron chi connectivity index (χ0n) is 11.6. The molecule has 0 fully saturated rings. The highest BCUT2D eigenvalue weighted by Gasteiger charge is 2.18. The average Bonchev–Trinajstić information content (AvgIpc) is 3.07. The maximum atomic E-state index is 11.9. The van der Waals surface area contributed by atoms with Crippen molar-refractivity contribution in [1.29, 1.82) is 0 Å². The highest BCUT2D eigenvalue weighted by atomic mass is 32.1. The van der Waals surface area contributed by atoms with E-state index in [1.807, 2.05) is 17.7 Å². The Hall–Kier alpha value is -1.24. The monoisotopic (exact) mass is 310 g/mol. The number of hydrogen-bond donors (Lipinski definition) is 1. The molecule has 1 unspecified atom stereocenters. The lowest BCUT2D eigenvalue weighted by atomic mass is 10.1. The summed E-state index contributed by atoms with van der Waals surface area (Å²) in [5.74, 6) is -0.0000624. The molecule has 2 heterocycles. The number of thiazole rings is 1. The summed E-state index contributed by atoms with van der Waals surface area (Å²) >= 11 is 3.26. The summed E-state index contributed by atoms with van der Waals surface area (Å²) in [5.41, 5.74) is 2.21. The van der Waals surface area contributed by atoms with Gasteiger partial charge in [-0.25, -0.2) is 4.98 Å². The molecule has 20 heavy (non-hydrogen) atoms. The second kappa shape index (κ2) is 7.52. The van der Waals surface area contributed by atoms with E-state index in [4.69, 9.17) is 4.74 Å². The molecule has 2 aromatic heterocycles. The smallest absolute Gasteiger partial charge is 0.222 e. The van der Waals surface area contributed by atoms with Gasteiger partial charge >= 0.3 is 0 Å². The minimum Gasteiger partial charge on any atom is -0.384 e. The van der Waals surface area contributed by atoms with Crippen LogP contribution in [0.5, 0.6) is 0 Å². The molecule has 1 amide bonds. The number of thiophene rings is 1. The topological polar surface area (TPSA) is 51.2 Å². The van der Waals surface area contributed by atoms with Crippen LogP contribution in [0.25, 0.3) is 0 Å². The lowest BCUT2D eigenvalue weighted by molar-refractivity contribution is -0.122. The van der Waals surface area contributed by atoms with E-state index in [-0.39, 0.29) is 11.9 Å². The second-order valence-electron chi connectivity index (χ2n) is 4.53. The third-order valence-electron chi connectivity index (χ3n) is 2.82. The van der Waals surface area contributed by atoms with Gasteiger partial charge < -0.3 is 10.1 Å². The van der Waals surface area contributed by atoms with Crippen LogP contribution in [0.4, 0.5) is 0 Å². The SMILES string of the molecule is COCCC(=O)NC(Cc1ccsc1)c1nc(C)cs1. The van der Waals surface area contributed by atoms with Gasteiger partial charge in [-0.1, -0.05) is 0 Å². The minimum atomic E-state index is -0.0624. The van der Waals surface area contributed by atoms with Crippen LogP contribution >= 0.6 is 22.7 Å². The molecule has 0 saturated heterocycles. The predicted molar refractivity (Wildman–Crippen MR) is 82.3 cm³/mol. The summed E-state index contributed by atoms with van der Waals surface area (Å²) in [6.45, 7) is 2.41. The van der Waals surface area contributed by atoms with E-state index in [1.54, 1.807) is 29.8 Å². The summed E-state index contributed by atoms with van der Waals surface area (Å²) in [4.78, 5) is 16.4. The fourth-order valence-electron chi connectivity index (χ4n) is 1.84. The number of aromatic nitrogens is 1. The number of hydrogen-bond acceptors (Lipinski definition) is 5. The van der Waals surface area contributed by atoms with Crippen LogP contribution in [0.3, 0.4) is 0 Å². The molecule has 108 valence electrons. The van der Waals surface area contributed by atoms with E-state index in [9.17, 15) is 4.79 Å². The van der Waals surface area contributed by atoms with Crippen LogP contribution in [-0.4, -0.2) is 24.6 Å². The largest absolute Gasteiger partial charge is 0.384 e. The zero-order valence-corrected chi connectivity index (χ0v) is 13.2. The van der Waals surface area contributed by atoms with Gasteiger partial charge in [-0.05, 0) is 29.3 Å². The lowest BCUT2D eigenvalue weighted by Gasteiger charge is -2.16. The molecule has 0 saturated carbocycles. The molecular weight excluding hydrogens is 292 g/mol. The Balaban J connectivity index is 2.05. The number of methoxy groups -OCH3 is 1. The Morgan fingerprint density at radius 2 is 2.35 bits per heavy atom. The number of aryl methyl sites for hydroxylation is 1. The maximum Gasteiger partial charge on any atom is 0.222 e. The van der Waals surface area contributed by atoms with E-state index in [2.05, 4.69) is 21.7 Å². The van der Waals surface area contributed by atoms with Gasteiger partial charge in [0.25, 0.3) is 0 Å². The van der Waals surface area contributed by atoms with Gasteiger partial charge in [0.2, 0.25) is 5.91 Å². The highest BCUT2D eigenvalue weighted by Crippen LogP contribution is 2.23. The van der Waals surface area contributed by atoms with Crippen molar-refractivity contribution < 1.29 is 9.53 Å². The fourth-order valence-corrected chi connectivity index (χ4v) is 3.37. The van der Waals surface area contributed by atoms with Crippen molar-refractivity contribution in [2.24, 2.45) is 0 Å². The van der Waals surface area contributed by atoms with Crippen molar-refractivity contribution in [2.75, 3.05) is 13.7 Å². The molecular formula is C14H18N2O2S2. The van der Waals surface area contributed by atoms with Crippen molar-refractivity contribution >= 4 is 28.6 Å². The predicted octanol–water partition coefficient (Wildman–Crippen LogP) is 2.95. The second-order valence-corrected chi connectivity index (χ2v) is 6.20. The van der Waals surface area contributed by atoms with Crippen molar-refractivity contribution in [3.05, 3.63) is 38.5 Å². The van der Waals surface area contributed by atoms with Crippen LogP contribution in [-0.2, 0) is 16.0 Å². The van der Waals surface area contributed by atoms with Crippen LogP contribution in [0.15, 0.2) is 22.2 Å². The summed E-state index contributed by atoms with van der Waals surface area (Å²) in [7, 11) is 1.60. The van der Waals surface area contributed by atoms with Crippen LogP contribution in [0.2, 0.25) is 0 Å². The number of nitrogens with zero attached hydrogens (tertiary/aromatic N) is 1. The molecule has 0 aliphatic rings. The molecule has 2 rings (SSSR count). The van der Waals surface area contributed by atoms with Crippen molar-refractivity contribution in [1.82, 2.24) is 10.3 Å². The van der Waals surface area contributed by atoms with Gasteiger partial charge in [0.15, 0.2) is 0 Å². The van der Waals surface area contributed by atoms with E-state index in [0.717, 1.165) is 17.1 Å². The van der Waals surface area contributed by atoms with Gasteiger partial charge in [0.1, 0.15) is 5.01 Å². The Bertz CT molecular complexity index is 537. The normalized spacial score (nSPS) is 12.3. The quantitative estimate of drug-likeness (QED) is 0.855. The number of carbonyl (C=O) groups excluding carboxylic acids is 1. The fraction of sp³-hybridized carbons (Fsp3) is 0.429. The molecule has 0 bridgehead atoms. The van der Waals surface area contributed by atoms with Gasteiger partial charge in [-0.15, -0.1) is 11.3 Å². The van der Waals surface area contributed by atoms with Crippen molar-refractivity contribution in [3.63, 3.8) is 0 Å². The first kappa shape index (κ1) is 15.2. The number of ether oxygens (including phenoxy) is 1. The first-order chi connectivity index (χ1) is 9.69. The number of amides is 1. The molecule has 0 radical (unpaired) electrons. The maximum absolute atomic E-state index is 11.9. The molecule has 0 aliphatic carbocycles. The highest BCUT2D eigenvalue weighted by molar-refractivity contribution is 7.09. The van der Waals surface area contributed by atoms with Crippen LogP contribution < -0.4 is 5.32 Å². The first-order valence-corrected chi connectivity index (χ1v) is 8.22. The molecule has 0 aromatic carbocycles. The zero-order chi connectivity index (χ0) is 14.4. The minimum absolute atomic E-state index is 0.0000624. The van der Waals surface area contributed by atoms with Gasteiger partial charge in [0.05, 0.1) is 12.6 Å². The Labute approximate surface area is 126 Å². The summed E-state index contributed by atoms with van der Waals surface area (Å²) in [6, 6.07) is 2.02. The lowest BCUT2D eigenvalue weighted by Crippen LogP contribution is -2.30. The van der Waals surface area contributed by atoms with E-state index in [1.165, 1.54) is 5.56 Å². The van der Waals surface area contributed by atoms with E-state index in [0.29, 0.717) is 13.0 Å². The number of rotatable bonds is 7. The third-order valence-corrected chi connectivity index (χ3v) is 4.63. The molecule has 1 atom stereocenters. The number of carbonyl (C=O) groups is 1. The van der Waals surface area contributed by atoms with Crippen LogP contribution in [0.1, 0.15) is 28.7 Å². The Kier molecular flexibility index (Phi) is 5.70. The number of nitrogens with one attached hydrogen (secondary N) is 1. The average molecular weight is 310 g/mol. The molecule has 0 aliphatic heterocycles. The third kappa shape index (κ3) is 4.40. The standard InChI is InChI=1S/C14H18N2O2S2/c1-10-8-20-14(15-10)12(7-11-4-6-19-9-11)16-13(17)3-5-18-2/h4,6,8-9,12H,3,5,7H2,1-2H3,(H,16,17). The molecule has 6 heteroatoms. The molecule has 1 N–H and O–H groups in total.